The van der Waals surface area contributed by atoms with E-state index in [4.69, 9.17) is 16.0 Å². The zero-order chi connectivity index (χ0) is 18.8. The molecule has 0 fully saturated rings. The molecule has 134 valence electrons. The Balaban J connectivity index is 1.77. The Labute approximate surface area is 157 Å². The highest BCUT2D eigenvalue weighted by Gasteiger charge is 2.15. The highest BCUT2D eigenvalue weighted by Crippen LogP contribution is 2.27. The number of phenolic OH excluding ortho intramolecular Hbond substituents is 1. The summed E-state index contributed by atoms with van der Waals surface area (Å²) in [6, 6.07) is 12.2. The van der Waals surface area contributed by atoms with Crippen LogP contribution in [0.25, 0.3) is 0 Å². The van der Waals surface area contributed by atoms with Gasteiger partial charge in [0.2, 0.25) is 0 Å². The summed E-state index contributed by atoms with van der Waals surface area (Å²) in [7, 11) is 0. The molecule has 0 bridgehead atoms. The Morgan fingerprint density at radius 3 is 2.46 bits per heavy atom. The highest BCUT2D eigenvalue weighted by molar-refractivity contribution is 6.31. The van der Waals surface area contributed by atoms with Crippen LogP contribution >= 0.6 is 11.6 Å². The van der Waals surface area contributed by atoms with Gasteiger partial charge in [-0.25, -0.2) is 0 Å². The molecule has 0 unspecified atom stereocenters. The Kier molecular flexibility index (Phi) is 5.05. The minimum Gasteiger partial charge on any atom is -0.506 e. The van der Waals surface area contributed by atoms with Crippen LogP contribution in [-0.2, 0) is 6.42 Å². The number of benzene rings is 2. The number of hydrogen-bond donors (Lipinski definition) is 2. The fourth-order valence-electron chi connectivity index (χ4n) is 3.05. The Bertz CT molecular complexity index is 952. The van der Waals surface area contributed by atoms with Crippen LogP contribution in [0.5, 0.6) is 5.75 Å². The molecule has 4 nitrogen and oxygen atoms in total. The molecule has 2 N–H and O–H groups in total. The second-order valence-electron chi connectivity index (χ2n) is 6.44. The lowest BCUT2D eigenvalue weighted by Crippen LogP contribution is -2.11. The first kappa shape index (κ1) is 18.1. The largest absolute Gasteiger partial charge is 0.506 e. The second-order valence-corrected chi connectivity index (χ2v) is 6.87. The molecule has 0 aliphatic heterocycles. The molecule has 3 rings (SSSR count). The average molecular weight is 370 g/mol. The van der Waals surface area contributed by atoms with E-state index in [0.29, 0.717) is 17.2 Å². The summed E-state index contributed by atoms with van der Waals surface area (Å²) in [6.45, 7) is 6.23. The molecule has 5 heteroatoms. The minimum absolute atomic E-state index is 0.0552. The van der Waals surface area contributed by atoms with Gasteiger partial charge in [-0.3, -0.25) is 4.79 Å². The van der Waals surface area contributed by atoms with Gasteiger partial charge in [0.1, 0.15) is 11.5 Å². The van der Waals surface area contributed by atoms with Crippen molar-refractivity contribution in [3.8, 4) is 5.75 Å². The number of aryl methyl sites for hydroxylation is 3. The van der Waals surface area contributed by atoms with E-state index in [9.17, 15) is 9.90 Å². The van der Waals surface area contributed by atoms with Crippen molar-refractivity contribution in [2.75, 3.05) is 5.32 Å². The van der Waals surface area contributed by atoms with Crippen molar-refractivity contribution in [2.45, 2.75) is 27.2 Å². The van der Waals surface area contributed by atoms with Gasteiger partial charge in [-0.1, -0.05) is 29.3 Å². The lowest BCUT2D eigenvalue weighted by Gasteiger charge is -2.10. The molecule has 2 aromatic carbocycles. The van der Waals surface area contributed by atoms with E-state index < -0.39 is 5.91 Å². The molecule has 1 amide bonds. The van der Waals surface area contributed by atoms with Crippen molar-refractivity contribution >= 4 is 23.2 Å². The highest BCUT2D eigenvalue weighted by atomic mass is 35.5. The quantitative estimate of drug-likeness (QED) is 0.604. The molecular formula is C21H20ClNO3. The third-order valence-electron chi connectivity index (χ3n) is 4.28. The molecule has 0 saturated heterocycles. The van der Waals surface area contributed by atoms with Gasteiger partial charge in [0.15, 0.2) is 5.76 Å². The summed E-state index contributed by atoms with van der Waals surface area (Å²) in [5, 5.41) is 12.8. The van der Waals surface area contributed by atoms with Gasteiger partial charge in [0.25, 0.3) is 5.91 Å². The number of rotatable bonds is 4. The number of furan rings is 1. The molecular weight excluding hydrogens is 350 g/mol. The number of carbonyl (C=O) groups is 1. The summed E-state index contributed by atoms with van der Waals surface area (Å²) in [6.07, 6.45) is 0.619. The van der Waals surface area contributed by atoms with Gasteiger partial charge in [-0.05, 0) is 67.8 Å². The van der Waals surface area contributed by atoms with Gasteiger partial charge in [0.05, 0.1) is 5.69 Å². The molecule has 3 aromatic rings. The third kappa shape index (κ3) is 3.92. The molecule has 1 heterocycles. The van der Waals surface area contributed by atoms with Gasteiger partial charge >= 0.3 is 0 Å². The Morgan fingerprint density at radius 2 is 1.77 bits per heavy atom. The minimum atomic E-state index is -0.439. The monoisotopic (exact) mass is 369 g/mol. The number of aromatic hydroxyl groups is 1. The standard InChI is InChI=1S/C21H20ClNO3/c1-12-8-13(2)17(14(3)9-12)11-16-5-7-20(26-16)21(25)23-18-10-15(22)4-6-19(18)24/h4-10,24H,11H2,1-3H3,(H,23,25). The SMILES string of the molecule is Cc1cc(C)c(Cc2ccc(C(=O)Nc3cc(Cl)ccc3O)o2)c(C)c1. The van der Waals surface area contributed by atoms with E-state index in [1.165, 1.54) is 34.4 Å². The first-order valence-electron chi connectivity index (χ1n) is 8.29. The van der Waals surface area contributed by atoms with Crippen molar-refractivity contribution in [1.29, 1.82) is 0 Å². The van der Waals surface area contributed by atoms with Crippen molar-refractivity contribution in [3.63, 3.8) is 0 Å². The van der Waals surface area contributed by atoms with Crippen LogP contribution in [0.4, 0.5) is 5.69 Å². The summed E-state index contributed by atoms with van der Waals surface area (Å²) >= 11 is 5.90. The number of amides is 1. The van der Waals surface area contributed by atoms with Crippen molar-refractivity contribution in [2.24, 2.45) is 0 Å². The van der Waals surface area contributed by atoms with Gasteiger partial charge in [0, 0.05) is 11.4 Å². The summed E-state index contributed by atoms with van der Waals surface area (Å²) in [5.41, 5.74) is 5.07. The fraction of sp³-hybridized carbons (Fsp3) is 0.190. The van der Waals surface area contributed by atoms with Crippen molar-refractivity contribution in [1.82, 2.24) is 0 Å². The number of phenols is 1. The van der Waals surface area contributed by atoms with E-state index in [0.717, 1.165) is 0 Å². The first-order valence-corrected chi connectivity index (χ1v) is 8.66. The first-order chi connectivity index (χ1) is 12.3. The van der Waals surface area contributed by atoms with Crippen LogP contribution in [0, 0.1) is 20.8 Å². The van der Waals surface area contributed by atoms with Crippen LogP contribution in [0.1, 0.15) is 38.6 Å². The Hall–Kier alpha value is -2.72. The molecule has 0 saturated carbocycles. The predicted octanol–water partition coefficient (Wildman–Crippen LogP) is 5.41. The zero-order valence-corrected chi connectivity index (χ0v) is 15.6. The number of carbonyl (C=O) groups excluding carboxylic acids is 1. The lowest BCUT2D eigenvalue weighted by molar-refractivity contribution is 0.0994. The topological polar surface area (TPSA) is 62.5 Å². The maximum absolute atomic E-state index is 12.4. The fourth-order valence-corrected chi connectivity index (χ4v) is 3.22. The number of hydrogen-bond acceptors (Lipinski definition) is 3. The van der Waals surface area contributed by atoms with E-state index in [1.54, 1.807) is 18.2 Å². The van der Waals surface area contributed by atoms with Crippen LogP contribution < -0.4 is 5.32 Å². The molecule has 0 aliphatic carbocycles. The van der Waals surface area contributed by atoms with E-state index in [2.05, 4.69) is 38.2 Å². The van der Waals surface area contributed by atoms with Crippen LogP contribution in [0.3, 0.4) is 0 Å². The van der Waals surface area contributed by atoms with Gasteiger partial charge < -0.3 is 14.8 Å². The van der Waals surface area contributed by atoms with Gasteiger partial charge in [-0.2, -0.15) is 0 Å². The average Bonchev–Trinajstić information content (AvgIpc) is 3.03. The molecule has 0 spiro atoms. The van der Waals surface area contributed by atoms with Gasteiger partial charge in [-0.15, -0.1) is 0 Å². The smallest absolute Gasteiger partial charge is 0.291 e. The second kappa shape index (κ2) is 7.26. The molecule has 0 radical (unpaired) electrons. The van der Waals surface area contributed by atoms with Crippen LogP contribution in [-0.4, -0.2) is 11.0 Å². The lowest BCUT2D eigenvalue weighted by atomic mass is 9.97. The molecule has 26 heavy (non-hydrogen) atoms. The third-order valence-corrected chi connectivity index (χ3v) is 4.52. The molecule has 0 atom stereocenters. The summed E-state index contributed by atoms with van der Waals surface area (Å²) in [5.74, 6) is 0.397. The number of nitrogens with one attached hydrogen (secondary N) is 1. The molecule has 0 aliphatic rings. The summed E-state index contributed by atoms with van der Waals surface area (Å²) in [4.78, 5) is 12.4. The van der Waals surface area contributed by atoms with E-state index in [-0.39, 0.29) is 17.2 Å². The zero-order valence-electron chi connectivity index (χ0n) is 14.9. The van der Waals surface area contributed by atoms with E-state index >= 15 is 0 Å². The number of halogens is 1. The molecule has 1 aromatic heterocycles. The Morgan fingerprint density at radius 1 is 1.08 bits per heavy atom. The van der Waals surface area contributed by atoms with Crippen molar-refractivity contribution < 1.29 is 14.3 Å². The summed E-state index contributed by atoms with van der Waals surface area (Å²) < 4.78 is 5.71. The van der Waals surface area contributed by atoms with Crippen LogP contribution in [0.2, 0.25) is 5.02 Å². The maximum Gasteiger partial charge on any atom is 0.291 e. The van der Waals surface area contributed by atoms with E-state index in [1.807, 2.05) is 0 Å². The maximum atomic E-state index is 12.4. The van der Waals surface area contributed by atoms with Crippen molar-refractivity contribution in [3.05, 3.63) is 81.3 Å². The predicted molar refractivity (Wildman–Crippen MR) is 103 cm³/mol. The number of anilines is 1. The van der Waals surface area contributed by atoms with Crippen LogP contribution in [0.15, 0.2) is 46.9 Å². The normalized spacial score (nSPS) is 10.8.